The fourth-order valence-corrected chi connectivity index (χ4v) is 3.34. The maximum absolute atomic E-state index is 12.4. The van der Waals surface area contributed by atoms with Crippen molar-refractivity contribution in [2.24, 2.45) is 4.99 Å². The molecule has 1 N–H and O–H groups in total. The van der Waals surface area contributed by atoms with Crippen molar-refractivity contribution in [3.05, 3.63) is 63.0 Å². The van der Waals surface area contributed by atoms with Crippen molar-refractivity contribution in [3.8, 4) is 5.75 Å². The zero-order valence-electron chi connectivity index (χ0n) is 12.5. The van der Waals surface area contributed by atoms with Crippen molar-refractivity contribution < 1.29 is 9.90 Å². The van der Waals surface area contributed by atoms with E-state index in [-0.39, 0.29) is 16.7 Å². The molecule has 1 saturated heterocycles. The van der Waals surface area contributed by atoms with Gasteiger partial charge in [0.1, 0.15) is 5.75 Å². The molecule has 24 heavy (non-hydrogen) atoms. The van der Waals surface area contributed by atoms with Gasteiger partial charge in [-0.1, -0.05) is 29.3 Å². The standard InChI is InChI=1S/C17H12Cl2N2O2S/c1-21-16(23)15(9-10-2-7-14(22)13(19)8-10)24-17(21)20-12-5-3-11(18)4-6-12/h2-9,22H,1H3. The van der Waals surface area contributed by atoms with Gasteiger partial charge in [0.15, 0.2) is 5.17 Å². The zero-order chi connectivity index (χ0) is 17.3. The van der Waals surface area contributed by atoms with Gasteiger partial charge in [-0.3, -0.25) is 9.69 Å². The van der Waals surface area contributed by atoms with Gasteiger partial charge in [0.2, 0.25) is 0 Å². The number of phenolic OH excluding ortho intramolecular Hbond substituents is 1. The van der Waals surface area contributed by atoms with Crippen LogP contribution in [0.4, 0.5) is 5.69 Å². The third-order valence-electron chi connectivity index (χ3n) is 3.32. The van der Waals surface area contributed by atoms with E-state index in [1.54, 1.807) is 49.5 Å². The molecule has 0 spiro atoms. The second-order valence-corrected chi connectivity index (χ2v) is 6.91. The molecule has 0 bridgehead atoms. The molecule has 1 amide bonds. The molecule has 0 aliphatic carbocycles. The number of benzene rings is 2. The lowest BCUT2D eigenvalue weighted by Crippen LogP contribution is -2.23. The van der Waals surface area contributed by atoms with E-state index in [1.165, 1.54) is 22.7 Å². The van der Waals surface area contributed by atoms with Crippen LogP contribution in [0, 0.1) is 0 Å². The summed E-state index contributed by atoms with van der Waals surface area (Å²) in [6.45, 7) is 0. The second-order valence-electron chi connectivity index (χ2n) is 5.06. The highest BCUT2D eigenvalue weighted by Crippen LogP contribution is 2.34. The fraction of sp³-hybridized carbons (Fsp3) is 0.0588. The number of amides is 1. The predicted octanol–water partition coefficient (Wildman–Crippen LogP) is 4.93. The third kappa shape index (κ3) is 3.59. The number of aromatic hydroxyl groups is 1. The summed E-state index contributed by atoms with van der Waals surface area (Å²) in [6, 6.07) is 11.9. The Balaban J connectivity index is 1.89. The van der Waals surface area contributed by atoms with Crippen LogP contribution in [0.5, 0.6) is 5.75 Å². The van der Waals surface area contributed by atoms with E-state index < -0.39 is 0 Å². The van der Waals surface area contributed by atoms with E-state index in [0.29, 0.717) is 15.1 Å². The Morgan fingerprint density at radius 1 is 1.17 bits per heavy atom. The number of nitrogens with zero attached hydrogens (tertiary/aromatic N) is 2. The lowest BCUT2D eigenvalue weighted by Gasteiger charge is -2.07. The first-order valence-electron chi connectivity index (χ1n) is 6.94. The summed E-state index contributed by atoms with van der Waals surface area (Å²) in [5.74, 6) is -0.136. The van der Waals surface area contributed by atoms with Crippen molar-refractivity contribution >= 4 is 57.8 Å². The van der Waals surface area contributed by atoms with Crippen molar-refractivity contribution in [2.75, 3.05) is 7.05 Å². The van der Waals surface area contributed by atoms with E-state index in [4.69, 9.17) is 23.2 Å². The van der Waals surface area contributed by atoms with Gasteiger partial charge in [0.05, 0.1) is 15.6 Å². The van der Waals surface area contributed by atoms with Gasteiger partial charge in [0.25, 0.3) is 5.91 Å². The molecule has 2 aromatic carbocycles. The molecule has 2 aromatic rings. The molecule has 7 heteroatoms. The van der Waals surface area contributed by atoms with Gasteiger partial charge in [-0.05, 0) is 59.8 Å². The van der Waals surface area contributed by atoms with Crippen molar-refractivity contribution in [2.45, 2.75) is 0 Å². The average Bonchev–Trinajstić information content (AvgIpc) is 2.81. The Labute approximate surface area is 153 Å². The van der Waals surface area contributed by atoms with Crippen LogP contribution in [0.2, 0.25) is 10.0 Å². The first kappa shape index (κ1) is 16.9. The highest BCUT2D eigenvalue weighted by molar-refractivity contribution is 8.18. The van der Waals surface area contributed by atoms with Gasteiger partial charge >= 0.3 is 0 Å². The number of carbonyl (C=O) groups excluding carboxylic acids is 1. The van der Waals surface area contributed by atoms with Crippen LogP contribution >= 0.6 is 35.0 Å². The molecule has 0 atom stereocenters. The number of rotatable bonds is 2. The molecular weight excluding hydrogens is 367 g/mol. The monoisotopic (exact) mass is 378 g/mol. The van der Waals surface area contributed by atoms with E-state index in [0.717, 1.165) is 11.3 Å². The smallest absolute Gasteiger partial charge is 0.266 e. The Bertz CT molecular complexity index is 863. The number of thioether (sulfide) groups is 1. The first-order valence-corrected chi connectivity index (χ1v) is 8.51. The van der Waals surface area contributed by atoms with Crippen LogP contribution in [0.1, 0.15) is 5.56 Å². The molecule has 122 valence electrons. The van der Waals surface area contributed by atoms with Gasteiger partial charge < -0.3 is 5.11 Å². The SMILES string of the molecule is CN1C(=O)C(=Cc2ccc(O)c(Cl)c2)SC1=Nc1ccc(Cl)cc1. The Hall–Kier alpha value is -1.95. The summed E-state index contributed by atoms with van der Waals surface area (Å²) in [6.07, 6.45) is 1.72. The van der Waals surface area contributed by atoms with Gasteiger partial charge in [-0.15, -0.1) is 0 Å². The minimum absolute atomic E-state index is 0.00586. The Kier molecular flexibility index (Phi) is 4.85. The summed E-state index contributed by atoms with van der Waals surface area (Å²) in [7, 11) is 1.68. The van der Waals surface area contributed by atoms with Crippen LogP contribution in [-0.4, -0.2) is 28.1 Å². The van der Waals surface area contributed by atoms with Gasteiger partial charge in [0, 0.05) is 12.1 Å². The lowest BCUT2D eigenvalue weighted by molar-refractivity contribution is -0.121. The summed E-state index contributed by atoms with van der Waals surface area (Å²) in [4.78, 5) is 18.9. The summed E-state index contributed by atoms with van der Waals surface area (Å²) < 4.78 is 0. The molecule has 1 aliphatic rings. The quantitative estimate of drug-likeness (QED) is 0.753. The normalized spacial score (nSPS) is 18.0. The first-order chi connectivity index (χ1) is 11.4. The van der Waals surface area contributed by atoms with E-state index >= 15 is 0 Å². The molecular formula is C17H12Cl2N2O2S. The molecule has 4 nitrogen and oxygen atoms in total. The zero-order valence-corrected chi connectivity index (χ0v) is 14.9. The number of aliphatic imine (C=N–C) groups is 1. The van der Waals surface area contributed by atoms with Gasteiger partial charge in [-0.2, -0.15) is 0 Å². The van der Waals surface area contributed by atoms with Crippen molar-refractivity contribution in [1.29, 1.82) is 0 Å². The number of carbonyl (C=O) groups is 1. The highest BCUT2D eigenvalue weighted by atomic mass is 35.5. The van der Waals surface area contributed by atoms with Crippen LogP contribution in [-0.2, 0) is 4.79 Å². The molecule has 1 aliphatic heterocycles. The van der Waals surface area contributed by atoms with Crippen LogP contribution in [0.15, 0.2) is 52.4 Å². The minimum atomic E-state index is -0.142. The van der Waals surface area contributed by atoms with E-state index in [2.05, 4.69) is 4.99 Å². The number of halogens is 2. The Morgan fingerprint density at radius 2 is 1.88 bits per heavy atom. The number of phenols is 1. The average molecular weight is 379 g/mol. The van der Waals surface area contributed by atoms with Crippen LogP contribution < -0.4 is 0 Å². The van der Waals surface area contributed by atoms with Crippen LogP contribution in [0.3, 0.4) is 0 Å². The minimum Gasteiger partial charge on any atom is -0.506 e. The maximum Gasteiger partial charge on any atom is 0.266 e. The summed E-state index contributed by atoms with van der Waals surface area (Å²) >= 11 is 13.0. The second kappa shape index (κ2) is 6.89. The number of hydrogen-bond acceptors (Lipinski definition) is 4. The molecule has 0 saturated carbocycles. The highest BCUT2D eigenvalue weighted by Gasteiger charge is 2.30. The van der Waals surface area contributed by atoms with Crippen LogP contribution in [0.25, 0.3) is 6.08 Å². The number of likely N-dealkylation sites (N-methyl/N-ethyl adjacent to an activating group) is 1. The molecule has 1 heterocycles. The fourth-order valence-electron chi connectivity index (χ4n) is 2.04. The molecule has 1 fully saturated rings. The molecule has 0 aromatic heterocycles. The Morgan fingerprint density at radius 3 is 2.54 bits per heavy atom. The van der Waals surface area contributed by atoms with Crippen molar-refractivity contribution in [3.63, 3.8) is 0 Å². The van der Waals surface area contributed by atoms with Crippen molar-refractivity contribution in [1.82, 2.24) is 4.90 Å². The molecule has 3 rings (SSSR count). The van der Waals surface area contributed by atoms with E-state index in [9.17, 15) is 9.90 Å². The largest absolute Gasteiger partial charge is 0.506 e. The third-order valence-corrected chi connectivity index (χ3v) is 4.94. The summed E-state index contributed by atoms with van der Waals surface area (Å²) in [5, 5.41) is 10.9. The number of amidine groups is 1. The molecule has 0 unspecified atom stereocenters. The van der Waals surface area contributed by atoms with Gasteiger partial charge in [-0.25, -0.2) is 4.99 Å². The van der Waals surface area contributed by atoms with E-state index in [1.807, 2.05) is 0 Å². The maximum atomic E-state index is 12.4. The number of hydrogen-bond donors (Lipinski definition) is 1. The lowest BCUT2D eigenvalue weighted by atomic mass is 10.2. The predicted molar refractivity (Wildman–Crippen MR) is 100 cm³/mol. The summed E-state index contributed by atoms with van der Waals surface area (Å²) in [5.41, 5.74) is 1.45. The topological polar surface area (TPSA) is 52.9 Å². The molecule has 0 radical (unpaired) electrons.